The van der Waals surface area contributed by atoms with Crippen LogP contribution in [0, 0.1) is 0 Å². The van der Waals surface area contributed by atoms with Crippen LogP contribution in [-0.2, 0) is 23.9 Å². The van der Waals surface area contributed by atoms with Crippen molar-refractivity contribution in [3.8, 4) is 0 Å². The molecule has 0 saturated heterocycles. The van der Waals surface area contributed by atoms with Gasteiger partial charge in [-0.05, 0) is 20.3 Å². The molecule has 0 aromatic rings. The van der Waals surface area contributed by atoms with Gasteiger partial charge in [0.1, 0.15) is 12.1 Å². The van der Waals surface area contributed by atoms with Gasteiger partial charge in [0.25, 0.3) is 0 Å². The lowest BCUT2D eigenvalue weighted by atomic mass is 10.1. The first kappa shape index (κ1) is 18.1. The Kier molecular flexibility index (Phi) is 9.02. The molecule has 0 aliphatic carbocycles. The third kappa shape index (κ3) is 7.52. The average molecular weight is 286 g/mol. The number of hydrogen-bond donors (Lipinski definition) is 2. The monoisotopic (exact) mass is 286 g/mol. The minimum atomic E-state index is -0.887. The van der Waals surface area contributed by atoms with Crippen LogP contribution in [0.1, 0.15) is 27.2 Å². The van der Waals surface area contributed by atoms with Crippen molar-refractivity contribution in [3.63, 3.8) is 0 Å². The Labute approximate surface area is 118 Å². The molecule has 0 aliphatic heterocycles. The zero-order valence-electron chi connectivity index (χ0n) is 12.0. The lowest BCUT2D eigenvalue weighted by molar-refractivity contribution is -0.145. The Morgan fingerprint density at radius 2 is 1.70 bits per heavy atom. The molecule has 7 heteroatoms. The van der Waals surface area contributed by atoms with Gasteiger partial charge in [0.05, 0.1) is 13.2 Å². The quantitative estimate of drug-likeness (QED) is 0.476. The summed E-state index contributed by atoms with van der Waals surface area (Å²) in [4.78, 5) is 33.9. The van der Waals surface area contributed by atoms with E-state index >= 15 is 0 Å². The van der Waals surface area contributed by atoms with Crippen molar-refractivity contribution in [2.45, 2.75) is 39.3 Å². The summed E-state index contributed by atoms with van der Waals surface area (Å²) in [5, 5.41) is 2.44. The van der Waals surface area contributed by atoms with Crippen LogP contribution in [0.5, 0.6) is 0 Å². The topological polar surface area (TPSA) is 108 Å². The highest BCUT2D eigenvalue weighted by Crippen LogP contribution is 1.98. The number of carbonyl (C=O) groups is 3. The smallest absolute Gasteiger partial charge is 0.332 e. The fourth-order valence-electron chi connectivity index (χ4n) is 1.34. The van der Waals surface area contributed by atoms with E-state index in [9.17, 15) is 14.4 Å². The van der Waals surface area contributed by atoms with Crippen LogP contribution in [0.3, 0.4) is 0 Å². The van der Waals surface area contributed by atoms with E-state index in [1.165, 1.54) is 13.0 Å². The van der Waals surface area contributed by atoms with Gasteiger partial charge in [-0.3, -0.25) is 9.59 Å². The van der Waals surface area contributed by atoms with Crippen molar-refractivity contribution in [2.75, 3.05) is 13.2 Å². The number of amides is 1. The van der Waals surface area contributed by atoms with E-state index in [2.05, 4.69) is 5.32 Å². The number of esters is 2. The van der Waals surface area contributed by atoms with Crippen LogP contribution in [0.4, 0.5) is 0 Å². The van der Waals surface area contributed by atoms with E-state index < -0.39 is 24.0 Å². The van der Waals surface area contributed by atoms with Gasteiger partial charge in [0.2, 0.25) is 5.91 Å². The van der Waals surface area contributed by atoms with Crippen molar-refractivity contribution in [3.05, 3.63) is 12.2 Å². The van der Waals surface area contributed by atoms with Gasteiger partial charge in [-0.2, -0.15) is 0 Å². The van der Waals surface area contributed by atoms with Crippen LogP contribution in [0.15, 0.2) is 12.2 Å². The molecule has 0 aliphatic rings. The normalized spacial score (nSPS) is 13.6. The maximum atomic E-state index is 11.6. The largest absolute Gasteiger partial charge is 0.465 e. The maximum Gasteiger partial charge on any atom is 0.332 e. The van der Waals surface area contributed by atoms with Crippen molar-refractivity contribution in [1.82, 2.24) is 5.32 Å². The zero-order valence-corrected chi connectivity index (χ0v) is 12.0. The third-order valence-electron chi connectivity index (χ3n) is 2.21. The molecule has 0 heterocycles. The molecule has 3 N–H and O–H groups in total. The van der Waals surface area contributed by atoms with E-state index in [4.69, 9.17) is 15.2 Å². The minimum Gasteiger partial charge on any atom is -0.465 e. The summed E-state index contributed by atoms with van der Waals surface area (Å²) >= 11 is 0. The molecule has 0 aromatic heterocycles. The molecule has 2 atom stereocenters. The Bertz CT molecular complexity index is 368. The highest BCUT2D eigenvalue weighted by molar-refractivity contribution is 5.84. The van der Waals surface area contributed by atoms with Gasteiger partial charge in [-0.25, -0.2) is 4.79 Å². The Morgan fingerprint density at radius 1 is 1.15 bits per heavy atom. The summed E-state index contributed by atoms with van der Waals surface area (Å²) in [6, 6.07) is -1.69. The number of rotatable bonds is 8. The van der Waals surface area contributed by atoms with Crippen molar-refractivity contribution >= 4 is 17.8 Å². The molecule has 0 fully saturated rings. The molecule has 0 saturated carbocycles. The Hall–Kier alpha value is -1.89. The molecule has 1 amide bonds. The van der Waals surface area contributed by atoms with Crippen LogP contribution in [0.2, 0.25) is 0 Å². The molecule has 0 unspecified atom stereocenters. The molecule has 0 bridgehead atoms. The SMILES string of the molecule is CCOC(=O)[C@H](/C=C/C[C@H](N)C(=O)OCC)NC(C)=O. The number of nitrogens with two attached hydrogens (primary N) is 1. The lowest BCUT2D eigenvalue weighted by Crippen LogP contribution is -2.39. The summed E-state index contributed by atoms with van der Waals surface area (Å²) in [5.41, 5.74) is 5.60. The van der Waals surface area contributed by atoms with E-state index in [1.54, 1.807) is 19.9 Å². The molecule has 20 heavy (non-hydrogen) atoms. The second-order valence-corrected chi connectivity index (χ2v) is 3.95. The molecular weight excluding hydrogens is 264 g/mol. The summed E-state index contributed by atoms with van der Waals surface area (Å²) in [6.45, 7) is 5.13. The summed E-state index contributed by atoms with van der Waals surface area (Å²) in [7, 11) is 0. The molecule has 7 nitrogen and oxygen atoms in total. The molecule has 0 aromatic carbocycles. The number of hydrogen-bond acceptors (Lipinski definition) is 6. The van der Waals surface area contributed by atoms with Crippen molar-refractivity contribution < 1.29 is 23.9 Å². The predicted octanol–water partition coefficient (Wildman–Crippen LogP) is -0.109. The molecular formula is C13H22N2O5. The molecule has 0 rings (SSSR count). The van der Waals surface area contributed by atoms with E-state index in [0.717, 1.165) is 0 Å². The standard InChI is InChI=1S/C13H22N2O5/c1-4-19-12(17)10(14)7-6-8-11(15-9(3)16)13(18)20-5-2/h6,8,10-11H,4-5,7,14H2,1-3H3,(H,15,16)/b8-6+/t10-,11-/m0/s1. The van der Waals surface area contributed by atoms with Gasteiger partial charge in [0.15, 0.2) is 0 Å². The van der Waals surface area contributed by atoms with E-state index in [1.807, 2.05) is 0 Å². The van der Waals surface area contributed by atoms with Gasteiger partial charge in [0, 0.05) is 6.92 Å². The number of carbonyl (C=O) groups excluding carboxylic acids is 3. The van der Waals surface area contributed by atoms with Crippen LogP contribution < -0.4 is 11.1 Å². The second-order valence-electron chi connectivity index (χ2n) is 3.95. The van der Waals surface area contributed by atoms with Gasteiger partial charge in [-0.15, -0.1) is 0 Å². The zero-order chi connectivity index (χ0) is 15.5. The summed E-state index contributed by atoms with van der Waals surface area (Å²) in [5.74, 6) is -1.43. The molecule has 114 valence electrons. The Morgan fingerprint density at radius 3 is 2.20 bits per heavy atom. The highest BCUT2D eigenvalue weighted by atomic mass is 16.5. The summed E-state index contributed by atoms with van der Waals surface area (Å²) in [6.07, 6.45) is 3.19. The third-order valence-corrected chi connectivity index (χ3v) is 2.21. The first-order chi connectivity index (χ1) is 9.42. The Balaban J connectivity index is 4.49. The maximum absolute atomic E-state index is 11.6. The molecule has 0 radical (unpaired) electrons. The predicted molar refractivity (Wildman–Crippen MR) is 72.6 cm³/mol. The minimum absolute atomic E-state index is 0.203. The number of nitrogens with one attached hydrogen (secondary N) is 1. The van der Waals surface area contributed by atoms with E-state index in [0.29, 0.717) is 0 Å². The first-order valence-corrected chi connectivity index (χ1v) is 6.44. The van der Waals surface area contributed by atoms with E-state index in [-0.39, 0.29) is 25.5 Å². The highest BCUT2D eigenvalue weighted by Gasteiger charge is 2.18. The number of ether oxygens (including phenoxy) is 2. The van der Waals surface area contributed by atoms with Crippen LogP contribution in [-0.4, -0.2) is 43.1 Å². The fraction of sp³-hybridized carbons (Fsp3) is 0.615. The van der Waals surface area contributed by atoms with Crippen molar-refractivity contribution in [2.24, 2.45) is 5.73 Å². The average Bonchev–Trinajstić information content (AvgIpc) is 2.37. The summed E-state index contributed by atoms with van der Waals surface area (Å²) < 4.78 is 9.57. The second kappa shape index (κ2) is 9.96. The lowest BCUT2D eigenvalue weighted by Gasteiger charge is -2.13. The van der Waals surface area contributed by atoms with Crippen LogP contribution in [0.25, 0.3) is 0 Å². The fourth-order valence-corrected chi connectivity index (χ4v) is 1.34. The molecule has 0 spiro atoms. The van der Waals surface area contributed by atoms with Crippen molar-refractivity contribution in [1.29, 1.82) is 0 Å². The van der Waals surface area contributed by atoms with Gasteiger partial charge < -0.3 is 20.5 Å². The first-order valence-electron chi connectivity index (χ1n) is 6.44. The van der Waals surface area contributed by atoms with Gasteiger partial charge in [-0.1, -0.05) is 12.2 Å². The van der Waals surface area contributed by atoms with Crippen LogP contribution >= 0.6 is 0 Å². The van der Waals surface area contributed by atoms with Gasteiger partial charge >= 0.3 is 11.9 Å².